The lowest BCUT2D eigenvalue weighted by Crippen LogP contribution is -2.44. The van der Waals surface area contributed by atoms with Crippen molar-refractivity contribution in [3.8, 4) is 28.4 Å². The van der Waals surface area contributed by atoms with Gasteiger partial charge in [-0.15, -0.1) is 0 Å². The molecule has 1 saturated carbocycles. The van der Waals surface area contributed by atoms with Gasteiger partial charge in [-0.2, -0.15) is 0 Å². The van der Waals surface area contributed by atoms with Crippen molar-refractivity contribution in [1.29, 1.82) is 0 Å². The molecule has 0 bridgehead atoms. The summed E-state index contributed by atoms with van der Waals surface area (Å²) in [5, 5.41) is 20.2. The summed E-state index contributed by atoms with van der Waals surface area (Å²) in [6.45, 7) is 8.68. The van der Waals surface area contributed by atoms with Gasteiger partial charge in [-0.05, 0) is 94.3 Å². The second-order valence-electron chi connectivity index (χ2n) is 11.7. The molecule has 0 spiro atoms. The topological polar surface area (TPSA) is 101 Å². The average Bonchev–Trinajstić information content (AvgIpc) is 2.91. The first-order valence-electron chi connectivity index (χ1n) is 14.4. The Kier molecular flexibility index (Phi) is 9.43. The van der Waals surface area contributed by atoms with E-state index in [4.69, 9.17) is 9.47 Å². The Morgan fingerprint density at radius 3 is 2.26 bits per heavy atom. The fraction of sp³-hybridized carbons (Fsp3) is 0.455. The van der Waals surface area contributed by atoms with E-state index < -0.39 is 5.60 Å². The van der Waals surface area contributed by atoms with Crippen LogP contribution in [0, 0.1) is 19.7 Å². The Bertz CT molecular complexity index is 1480. The van der Waals surface area contributed by atoms with Gasteiger partial charge in [0.1, 0.15) is 23.1 Å². The molecule has 1 aromatic heterocycles. The quantitative estimate of drug-likeness (QED) is 0.354. The molecule has 0 aliphatic heterocycles. The lowest BCUT2D eigenvalue weighted by atomic mass is 9.91. The van der Waals surface area contributed by atoms with E-state index in [1.165, 1.54) is 29.7 Å². The van der Waals surface area contributed by atoms with E-state index in [9.17, 15) is 24.2 Å². The van der Waals surface area contributed by atoms with Crippen LogP contribution >= 0.6 is 0 Å². The second kappa shape index (κ2) is 12.7. The van der Waals surface area contributed by atoms with Gasteiger partial charge in [0.05, 0.1) is 18.3 Å². The molecular formula is C33H41FN2O6. The number of benzene rings is 2. The highest BCUT2D eigenvalue weighted by Gasteiger charge is 2.29. The number of amides is 1. The molecule has 0 atom stereocenters. The van der Waals surface area contributed by atoms with E-state index in [1.54, 1.807) is 58.0 Å². The van der Waals surface area contributed by atoms with Crippen LogP contribution in [0.1, 0.15) is 63.1 Å². The number of rotatable bonds is 9. The fourth-order valence-corrected chi connectivity index (χ4v) is 5.65. The predicted octanol–water partition coefficient (Wildman–Crippen LogP) is 5.36. The van der Waals surface area contributed by atoms with Crippen LogP contribution in [0.25, 0.3) is 11.1 Å². The molecule has 2 N–H and O–H groups in total. The van der Waals surface area contributed by atoms with Gasteiger partial charge in [-0.3, -0.25) is 9.59 Å². The first-order valence-corrected chi connectivity index (χ1v) is 14.4. The van der Waals surface area contributed by atoms with Crippen LogP contribution in [0.5, 0.6) is 17.2 Å². The molecule has 0 unspecified atom stereocenters. The summed E-state index contributed by atoms with van der Waals surface area (Å²) >= 11 is 0. The summed E-state index contributed by atoms with van der Waals surface area (Å²) in [5.41, 5.74) is 1.77. The van der Waals surface area contributed by atoms with Gasteiger partial charge >= 0.3 is 0 Å². The van der Waals surface area contributed by atoms with Crippen molar-refractivity contribution in [3.05, 3.63) is 75.5 Å². The number of carbonyl (C=O) groups is 1. The van der Waals surface area contributed by atoms with Crippen molar-refractivity contribution in [2.75, 3.05) is 13.2 Å². The van der Waals surface area contributed by atoms with Crippen molar-refractivity contribution in [2.45, 2.75) is 78.0 Å². The monoisotopic (exact) mass is 580 g/mol. The van der Waals surface area contributed by atoms with Gasteiger partial charge in [0.25, 0.3) is 5.56 Å². The van der Waals surface area contributed by atoms with E-state index in [-0.39, 0.29) is 36.0 Å². The molecule has 1 heterocycles. The Labute approximate surface area is 246 Å². The third kappa shape index (κ3) is 7.02. The molecule has 9 heteroatoms. The number of nitrogens with zero attached hydrogens (tertiary/aromatic N) is 2. The second-order valence-corrected chi connectivity index (χ2v) is 11.7. The Hall–Kier alpha value is -3.69. The van der Waals surface area contributed by atoms with Gasteiger partial charge in [-0.1, -0.05) is 6.07 Å². The number of hydrogen-bond acceptors (Lipinski definition) is 6. The molecule has 226 valence electrons. The van der Waals surface area contributed by atoms with E-state index in [0.29, 0.717) is 64.5 Å². The maximum Gasteiger partial charge on any atom is 0.254 e. The number of pyridine rings is 1. The summed E-state index contributed by atoms with van der Waals surface area (Å²) in [6.07, 6.45) is 4.30. The molecule has 3 aromatic rings. The summed E-state index contributed by atoms with van der Waals surface area (Å²) in [6, 6.07) is 9.70. The number of aromatic nitrogens is 1. The fourth-order valence-electron chi connectivity index (χ4n) is 5.65. The van der Waals surface area contributed by atoms with Crippen molar-refractivity contribution < 1.29 is 28.9 Å². The predicted molar refractivity (Wildman–Crippen MR) is 159 cm³/mol. The molecule has 1 fully saturated rings. The van der Waals surface area contributed by atoms with Crippen molar-refractivity contribution in [3.63, 3.8) is 0 Å². The van der Waals surface area contributed by atoms with Gasteiger partial charge in [0, 0.05) is 49.9 Å². The number of ether oxygens (including phenoxy) is 2. The highest BCUT2D eigenvalue weighted by Crippen LogP contribution is 2.42. The van der Waals surface area contributed by atoms with Crippen LogP contribution in [0.3, 0.4) is 0 Å². The number of carbonyl (C=O) groups excluding carboxylic acids is 1. The third-order valence-corrected chi connectivity index (χ3v) is 7.93. The maximum absolute atomic E-state index is 14.0. The Morgan fingerprint density at radius 2 is 1.69 bits per heavy atom. The number of hydrogen-bond donors (Lipinski definition) is 2. The van der Waals surface area contributed by atoms with Crippen molar-refractivity contribution >= 4 is 5.91 Å². The van der Waals surface area contributed by atoms with Crippen LogP contribution < -0.4 is 15.0 Å². The normalized spacial score (nSPS) is 17.2. The Morgan fingerprint density at radius 1 is 1.05 bits per heavy atom. The molecule has 1 aliphatic carbocycles. The standard InChI is InChI=1S/C33H41FN2O6/c1-20-15-24(34)16-21(2)32(20)42-29-12-7-23(33(4,5)40)17-27(29)28-19-35(6)31(39)18-30(28)41-26-10-8-25(9-11-26)36(13-14-37)22(3)38/h7,12,15-19,25-26,37,40H,8-11,13-14H2,1-6H3/t25-,26-. The Balaban J connectivity index is 1.73. The zero-order valence-corrected chi connectivity index (χ0v) is 25.2. The SMILES string of the molecule is CC(=O)N(CCO)[C@H]1CC[C@H](Oc2cc(=O)n(C)cc2-c2cc(C(C)(C)O)ccc2Oc2c(C)cc(F)cc2C)CC1. The minimum Gasteiger partial charge on any atom is -0.490 e. The molecule has 42 heavy (non-hydrogen) atoms. The van der Waals surface area contributed by atoms with E-state index >= 15 is 0 Å². The molecule has 0 radical (unpaired) electrons. The van der Waals surface area contributed by atoms with Crippen LogP contribution in [-0.2, 0) is 17.4 Å². The van der Waals surface area contributed by atoms with Crippen LogP contribution in [-0.4, -0.2) is 50.9 Å². The molecule has 1 amide bonds. The van der Waals surface area contributed by atoms with Gasteiger partial charge in [0.2, 0.25) is 5.91 Å². The first kappa shape index (κ1) is 31.3. The van der Waals surface area contributed by atoms with Gasteiger partial charge in [0.15, 0.2) is 0 Å². The highest BCUT2D eigenvalue weighted by atomic mass is 19.1. The zero-order chi connectivity index (χ0) is 30.8. The summed E-state index contributed by atoms with van der Waals surface area (Å²) in [4.78, 5) is 26.6. The summed E-state index contributed by atoms with van der Waals surface area (Å²) in [5.74, 6) is 0.978. The minimum atomic E-state index is -1.15. The van der Waals surface area contributed by atoms with Crippen LogP contribution in [0.4, 0.5) is 4.39 Å². The molecule has 4 rings (SSSR count). The number of aliphatic hydroxyl groups is 2. The first-order chi connectivity index (χ1) is 19.8. The number of halogens is 1. The van der Waals surface area contributed by atoms with Crippen LogP contribution in [0.2, 0.25) is 0 Å². The molecule has 2 aromatic carbocycles. The van der Waals surface area contributed by atoms with Crippen molar-refractivity contribution in [1.82, 2.24) is 9.47 Å². The van der Waals surface area contributed by atoms with E-state index in [1.807, 2.05) is 6.07 Å². The molecular weight excluding hydrogens is 539 g/mol. The largest absolute Gasteiger partial charge is 0.490 e. The molecule has 0 saturated heterocycles. The molecule has 8 nitrogen and oxygen atoms in total. The maximum atomic E-state index is 14.0. The van der Waals surface area contributed by atoms with E-state index in [2.05, 4.69) is 0 Å². The summed E-state index contributed by atoms with van der Waals surface area (Å²) < 4.78 is 28.4. The smallest absolute Gasteiger partial charge is 0.254 e. The number of aliphatic hydroxyl groups excluding tert-OH is 1. The lowest BCUT2D eigenvalue weighted by Gasteiger charge is -2.36. The highest BCUT2D eigenvalue weighted by molar-refractivity contribution is 5.77. The zero-order valence-electron chi connectivity index (χ0n) is 25.2. The molecule has 1 aliphatic rings. The number of aryl methyl sites for hydroxylation is 3. The average molecular weight is 581 g/mol. The van der Waals surface area contributed by atoms with Crippen molar-refractivity contribution in [2.24, 2.45) is 7.05 Å². The third-order valence-electron chi connectivity index (χ3n) is 7.93. The van der Waals surface area contributed by atoms with Gasteiger partial charge in [-0.25, -0.2) is 4.39 Å². The summed E-state index contributed by atoms with van der Waals surface area (Å²) in [7, 11) is 1.66. The van der Waals surface area contributed by atoms with Crippen LogP contribution in [0.15, 0.2) is 47.4 Å². The lowest BCUT2D eigenvalue weighted by molar-refractivity contribution is -0.132. The minimum absolute atomic E-state index is 0.0308. The van der Waals surface area contributed by atoms with Gasteiger partial charge < -0.3 is 29.2 Å². The van der Waals surface area contributed by atoms with E-state index in [0.717, 1.165) is 12.8 Å².